The molecule has 0 amide bonds. The van der Waals surface area contributed by atoms with Crippen molar-refractivity contribution in [3.05, 3.63) is 54.1 Å². The number of nitrogens with zero attached hydrogens (tertiary/aromatic N) is 3. The molecule has 2 aromatic carbocycles. The number of aromatic nitrogens is 3. The molecular weight excluding hydrogens is 408 g/mol. The number of thioether (sulfide) groups is 1. The molecule has 4 rings (SSSR count). The summed E-state index contributed by atoms with van der Waals surface area (Å²) in [6, 6.07) is 16.0. The molecule has 0 saturated heterocycles. The normalized spacial score (nSPS) is 14.6. The summed E-state index contributed by atoms with van der Waals surface area (Å²) in [5.41, 5.74) is 3.43. The van der Waals surface area contributed by atoms with Crippen LogP contribution in [0.1, 0.15) is 51.3 Å². The number of anilines is 1. The predicted molar refractivity (Wildman–Crippen MR) is 125 cm³/mol. The molecular formula is C24H28N4O2S. The van der Waals surface area contributed by atoms with Gasteiger partial charge in [-0.3, -0.25) is 0 Å². The largest absolute Gasteiger partial charge is 0.493 e. The van der Waals surface area contributed by atoms with Gasteiger partial charge in [-0.15, -0.1) is 10.2 Å². The molecule has 1 atom stereocenters. The molecule has 0 unspecified atom stereocenters. The standard InChI is InChI=1S/C24H28N4O2S/c1-3-5-10-16-31-24-26-23-21(27-28-24)17-11-6-8-13-19(17)25-22(30-23)18-12-7-9-14-20(18)29-15-4-2/h6-9,11-14,22,25H,3-5,10,15-16H2,1-2H3/t22-/m0/s1. The molecule has 1 N–H and O–H groups in total. The van der Waals surface area contributed by atoms with Gasteiger partial charge in [0.15, 0.2) is 5.69 Å². The molecule has 7 heteroatoms. The van der Waals surface area contributed by atoms with Gasteiger partial charge in [-0.05, 0) is 31.0 Å². The zero-order chi connectivity index (χ0) is 21.5. The Hall–Kier alpha value is -2.80. The zero-order valence-electron chi connectivity index (χ0n) is 18.0. The van der Waals surface area contributed by atoms with E-state index in [1.807, 2.05) is 48.5 Å². The lowest BCUT2D eigenvalue weighted by Gasteiger charge is -2.21. The number of benzene rings is 2. The maximum absolute atomic E-state index is 6.40. The van der Waals surface area contributed by atoms with E-state index in [-0.39, 0.29) is 0 Å². The van der Waals surface area contributed by atoms with Gasteiger partial charge in [0.2, 0.25) is 17.3 Å². The van der Waals surface area contributed by atoms with Crippen LogP contribution >= 0.6 is 11.8 Å². The van der Waals surface area contributed by atoms with Crippen LogP contribution in [-0.2, 0) is 0 Å². The lowest BCUT2D eigenvalue weighted by atomic mass is 10.1. The molecule has 0 spiro atoms. The Bertz CT molecular complexity index is 1010. The fourth-order valence-electron chi connectivity index (χ4n) is 3.41. The lowest BCUT2D eigenvalue weighted by Crippen LogP contribution is -2.18. The Morgan fingerprint density at radius 3 is 2.71 bits per heavy atom. The summed E-state index contributed by atoms with van der Waals surface area (Å²) in [6.45, 7) is 4.95. The number of ether oxygens (including phenoxy) is 2. The summed E-state index contributed by atoms with van der Waals surface area (Å²) >= 11 is 1.62. The quantitative estimate of drug-likeness (QED) is 0.320. The number of para-hydroxylation sites is 2. The Labute approximate surface area is 187 Å². The Morgan fingerprint density at radius 2 is 1.84 bits per heavy atom. The first-order valence-electron chi connectivity index (χ1n) is 10.9. The Kier molecular flexibility index (Phi) is 7.25. The molecule has 0 saturated carbocycles. The second-order valence-electron chi connectivity index (χ2n) is 7.38. The van der Waals surface area contributed by atoms with Gasteiger partial charge in [0.05, 0.1) is 12.2 Å². The van der Waals surface area contributed by atoms with Crippen molar-refractivity contribution < 1.29 is 9.47 Å². The molecule has 0 bridgehead atoms. The first-order chi connectivity index (χ1) is 15.3. The van der Waals surface area contributed by atoms with Gasteiger partial charge in [0.1, 0.15) is 5.75 Å². The number of fused-ring (bicyclic) bond motifs is 3. The molecule has 6 nitrogen and oxygen atoms in total. The zero-order valence-corrected chi connectivity index (χ0v) is 18.8. The molecule has 31 heavy (non-hydrogen) atoms. The van der Waals surface area contributed by atoms with Crippen LogP contribution in [0.2, 0.25) is 0 Å². The minimum atomic E-state index is -0.454. The molecule has 1 aromatic heterocycles. The Balaban J connectivity index is 1.68. The van der Waals surface area contributed by atoms with Crippen molar-refractivity contribution in [2.45, 2.75) is 50.9 Å². The molecule has 1 aliphatic heterocycles. The third-order valence-electron chi connectivity index (χ3n) is 4.98. The maximum atomic E-state index is 6.40. The summed E-state index contributed by atoms with van der Waals surface area (Å²) in [6.07, 6.45) is 4.02. The van der Waals surface area contributed by atoms with Crippen molar-refractivity contribution in [3.63, 3.8) is 0 Å². The number of rotatable bonds is 9. The van der Waals surface area contributed by atoms with Crippen molar-refractivity contribution >= 4 is 17.4 Å². The van der Waals surface area contributed by atoms with Gasteiger partial charge in [-0.2, -0.15) is 4.98 Å². The molecule has 3 aromatic rings. The summed E-state index contributed by atoms with van der Waals surface area (Å²) in [5, 5.41) is 13.0. The van der Waals surface area contributed by atoms with Crippen LogP contribution in [0.3, 0.4) is 0 Å². The van der Waals surface area contributed by atoms with Crippen LogP contribution in [0.15, 0.2) is 53.7 Å². The highest BCUT2D eigenvalue weighted by molar-refractivity contribution is 7.99. The monoisotopic (exact) mass is 436 g/mol. The van der Waals surface area contributed by atoms with E-state index in [0.29, 0.717) is 23.3 Å². The van der Waals surface area contributed by atoms with E-state index in [0.717, 1.165) is 41.2 Å². The summed E-state index contributed by atoms with van der Waals surface area (Å²) in [7, 11) is 0. The summed E-state index contributed by atoms with van der Waals surface area (Å²) in [4.78, 5) is 4.72. The second-order valence-corrected chi connectivity index (χ2v) is 8.44. The lowest BCUT2D eigenvalue weighted by molar-refractivity contribution is 0.215. The average molecular weight is 437 g/mol. The molecule has 0 aliphatic carbocycles. The van der Waals surface area contributed by atoms with E-state index in [9.17, 15) is 0 Å². The van der Waals surface area contributed by atoms with Crippen LogP contribution in [0.4, 0.5) is 5.69 Å². The van der Waals surface area contributed by atoms with Crippen molar-refractivity contribution in [2.24, 2.45) is 0 Å². The summed E-state index contributed by atoms with van der Waals surface area (Å²) < 4.78 is 12.4. The highest BCUT2D eigenvalue weighted by atomic mass is 32.2. The van der Waals surface area contributed by atoms with Gasteiger partial charge in [0, 0.05) is 17.0 Å². The van der Waals surface area contributed by atoms with Gasteiger partial charge >= 0.3 is 0 Å². The fraction of sp³-hybridized carbons (Fsp3) is 0.375. The van der Waals surface area contributed by atoms with Gasteiger partial charge < -0.3 is 14.8 Å². The smallest absolute Gasteiger partial charge is 0.247 e. The van der Waals surface area contributed by atoms with Crippen LogP contribution < -0.4 is 14.8 Å². The second kappa shape index (κ2) is 10.5. The minimum Gasteiger partial charge on any atom is -0.493 e. The van der Waals surface area contributed by atoms with E-state index >= 15 is 0 Å². The van der Waals surface area contributed by atoms with Crippen molar-refractivity contribution in [3.8, 4) is 22.9 Å². The van der Waals surface area contributed by atoms with E-state index in [1.165, 1.54) is 12.8 Å². The SMILES string of the molecule is CCCCCSc1nnc2c(n1)O[C@@H](c1ccccc1OCCC)Nc1ccccc1-2. The maximum Gasteiger partial charge on any atom is 0.247 e. The highest BCUT2D eigenvalue weighted by Gasteiger charge is 2.27. The number of unbranched alkanes of at least 4 members (excludes halogenated alkanes) is 2. The van der Waals surface area contributed by atoms with E-state index < -0.39 is 6.23 Å². The number of nitrogens with one attached hydrogen (secondary N) is 1. The van der Waals surface area contributed by atoms with Crippen molar-refractivity contribution in [1.29, 1.82) is 0 Å². The topological polar surface area (TPSA) is 69.2 Å². The average Bonchev–Trinajstić information content (AvgIpc) is 2.97. The van der Waals surface area contributed by atoms with Crippen LogP contribution in [0.5, 0.6) is 11.6 Å². The van der Waals surface area contributed by atoms with Gasteiger partial charge in [-0.25, -0.2) is 0 Å². The third-order valence-corrected chi connectivity index (χ3v) is 5.90. The van der Waals surface area contributed by atoms with Crippen molar-refractivity contribution in [1.82, 2.24) is 15.2 Å². The van der Waals surface area contributed by atoms with Crippen LogP contribution in [0.25, 0.3) is 11.3 Å². The minimum absolute atomic E-state index is 0.454. The summed E-state index contributed by atoms with van der Waals surface area (Å²) in [5.74, 6) is 2.26. The molecule has 162 valence electrons. The number of hydrogen-bond acceptors (Lipinski definition) is 7. The van der Waals surface area contributed by atoms with Crippen molar-refractivity contribution in [2.75, 3.05) is 17.7 Å². The molecule has 0 fully saturated rings. The van der Waals surface area contributed by atoms with E-state index in [2.05, 4.69) is 29.4 Å². The first kappa shape index (κ1) is 21.4. The predicted octanol–water partition coefficient (Wildman–Crippen LogP) is 6.11. The fourth-order valence-corrected chi connectivity index (χ4v) is 4.18. The van der Waals surface area contributed by atoms with Gasteiger partial charge in [0.25, 0.3) is 0 Å². The first-order valence-corrected chi connectivity index (χ1v) is 11.9. The molecule has 1 aliphatic rings. The van der Waals surface area contributed by atoms with Crippen LogP contribution in [0, 0.1) is 0 Å². The Morgan fingerprint density at radius 1 is 1.00 bits per heavy atom. The van der Waals surface area contributed by atoms with E-state index in [1.54, 1.807) is 11.8 Å². The van der Waals surface area contributed by atoms with Gasteiger partial charge in [-0.1, -0.05) is 68.8 Å². The van der Waals surface area contributed by atoms with Crippen LogP contribution in [-0.4, -0.2) is 27.5 Å². The number of hydrogen-bond donors (Lipinski definition) is 1. The highest BCUT2D eigenvalue weighted by Crippen LogP contribution is 2.41. The molecule has 0 radical (unpaired) electrons. The molecule has 2 heterocycles. The van der Waals surface area contributed by atoms with E-state index in [4.69, 9.17) is 14.5 Å². The third kappa shape index (κ3) is 5.10.